The number of hydrogen-bond donors (Lipinski definition) is 2. The Morgan fingerprint density at radius 1 is 0.963 bits per heavy atom. The fraction of sp³-hybridized carbons (Fsp3) is 0.250. The zero-order valence-electron chi connectivity index (χ0n) is 15.1. The molecule has 0 fully saturated rings. The minimum Gasteiger partial charge on any atom is -0.484 e. The van der Waals surface area contributed by atoms with E-state index in [1.807, 2.05) is 6.92 Å². The molecule has 2 amide bonds. The summed E-state index contributed by atoms with van der Waals surface area (Å²) in [7, 11) is 0. The number of rotatable bonds is 9. The third kappa shape index (κ3) is 6.47. The first-order valence-corrected chi connectivity index (χ1v) is 8.59. The normalized spacial score (nSPS) is 10.1. The van der Waals surface area contributed by atoms with E-state index in [0.29, 0.717) is 29.2 Å². The van der Waals surface area contributed by atoms with Crippen LogP contribution in [0.5, 0.6) is 5.75 Å². The van der Waals surface area contributed by atoms with Gasteiger partial charge >= 0.3 is 5.97 Å². The zero-order chi connectivity index (χ0) is 19.6. The Morgan fingerprint density at radius 2 is 1.59 bits per heavy atom. The minimum absolute atomic E-state index is 0.198. The standard InChI is InChI=1S/C20H22N2O5/c1-2-3-12-26-20(25)15-4-8-16(9-5-15)22-18(23)13-27-17-10-6-14(7-11-17)19(21)24/h4-11H,2-3,12-13H2,1H3,(H2,21,24)(H,22,23). The summed E-state index contributed by atoms with van der Waals surface area (Å²) in [5, 5.41) is 2.67. The Hall–Kier alpha value is -3.35. The Morgan fingerprint density at radius 3 is 2.19 bits per heavy atom. The summed E-state index contributed by atoms with van der Waals surface area (Å²) >= 11 is 0. The van der Waals surface area contributed by atoms with Crippen LogP contribution in [0.25, 0.3) is 0 Å². The maximum absolute atomic E-state index is 12.0. The van der Waals surface area contributed by atoms with Crippen molar-refractivity contribution < 1.29 is 23.9 Å². The number of anilines is 1. The molecule has 0 radical (unpaired) electrons. The van der Waals surface area contributed by atoms with E-state index in [9.17, 15) is 14.4 Å². The van der Waals surface area contributed by atoms with E-state index in [4.69, 9.17) is 15.2 Å². The molecule has 2 rings (SSSR count). The molecule has 0 saturated carbocycles. The van der Waals surface area contributed by atoms with Crippen molar-refractivity contribution in [1.82, 2.24) is 0 Å². The second-order valence-electron chi connectivity index (χ2n) is 5.79. The predicted molar refractivity (Wildman–Crippen MR) is 101 cm³/mol. The molecule has 0 saturated heterocycles. The van der Waals surface area contributed by atoms with Crippen molar-refractivity contribution in [3.8, 4) is 5.75 Å². The molecule has 2 aromatic rings. The number of nitrogens with two attached hydrogens (primary N) is 1. The van der Waals surface area contributed by atoms with Crippen molar-refractivity contribution in [2.45, 2.75) is 19.8 Å². The third-order valence-electron chi connectivity index (χ3n) is 3.64. The zero-order valence-corrected chi connectivity index (χ0v) is 15.1. The third-order valence-corrected chi connectivity index (χ3v) is 3.64. The van der Waals surface area contributed by atoms with Gasteiger partial charge in [-0.1, -0.05) is 13.3 Å². The topological polar surface area (TPSA) is 108 Å². The summed E-state index contributed by atoms with van der Waals surface area (Å²) in [6.07, 6.45) is 1.78. The molecule has 0 heterocycles. The molecule has 0 aromatic heterocycles. The molecule has 0 unspecified atom stereocenters. The fourth-order valence-electron chi connectivity index (χ4n) is 2.14. The van der Waals surface area contributed by atoms with E-state index in [0.717, 1.165) is 12.8 Å². The van der Waals surface area contributed by atoms with Crippen molar-refractivity contribution in [1.29, 1.82) is 0 Å². The summed E-state index contributed by atoms with van der Waals surface area (Å²) in [5.41, 5.74) is 6.49. The Balaban J connectivity index is 1.81. The summed E-state index contributed by atoms with van der Waals surface area (Å²) in [6.45, 7) is 2.22. The van der Waals surface area contributed by atoms with E-state index in [1.54, 1.807) is 36.4 Å². The van der Waals surface area contributed by atoms with Crippen LogP contribution in [0.4, 0.5) is 5.69 Å². The molecule has 0 bridgehead atoms. The number of primary amides is 1. The van der Waals surface area contributed by atoms with Crippen molar-refractivity contribution in [3.63, 3.8) is 0 Å². The van der Waals surface area contributed by atoms with Crippen LogP contribution < -0.4 is 15.8 Å². The summed E-state index contributed by atoms with van der Waals surface area (Å²) < 4.78 is 10.5. The van der Waals surface area contributed by atoms with E-state index in [2.05, 4.69) is 5.32 Å². The van der Waals surface area contributed by atoms with Crippen LogP contribution in [-0.2, 0) is 9.53 Å². The van der Waals surface area contributed by atoms with Crippen molar-refractivity contribution in [2.75, 3.05) is 18.5 Å². The number of ether oxygens (including phenoxy) is 2. The monoisotopic (exact) mass is 370 g/mol. The van der Waals surface area contributed by atoms with Gasteiger partial charge in [-0.25, -0.2) is 4.79 Å². The van der Waals surface area contributed by atoms with Crippen molar-refractivity contribution in [3.05, 3.63) is 59.7 Å². The molecule has 7 heteroatoms. The second kappa shape index (κ2) is 9.96. The van der Waals surface area contributed by atoms with Crippen LogP contribution in [0, 0.1) is 0 Å². The lowest BCUT2D eigenvalue weighted by Gasteiger charge is -2.09. The molecule has 0 aliphatic carbocycles. The molecule has 2 aromatic carbocycles. The van der Waals surface area contributed by atoms with Crippen LogP contribution >= 0.6 is 0 Å². The van der Waals surface area contributed by atoms with Crippen molar-refractivity contribution >= 4 is 23.5 Å². The summed E-state index contributed by atoms with van der Waals surface area (Å²) in [6, 6.07) is 12.6. The number of unbranched alkanes of at least 4 members (excludes halogenated alkanes) is 1. The minimum atomic E-state index is -0.531. The molecule has 142 valence electrons. The fourth-order valence-corrected chi connectivity index (χ4v) is 2.14. The number of carbonyl (C=O) groups excluding carboxylic acids is 3. The number of amides is 2. The van der Waals surface area contributed by atoms with Crippen LogP contribution in [0.1, 0.15) is 40.5 Å². The van der Waals surface area contributed by atoms with Crippen LogP contribution in [-0.4, -0.2) is 31.0 Å². The van der Waals surface area contributed by atoms with E-state index >= 15 is 0 Å². The largest absolute Gasteiger partial charge is 0.484 e. The molecule has 7 nitrogen and oxygen atoms in total. The van der Waals surface area contributed by atoms with E-state index in [-0.39, 0.29) is 18.5 Å². The van der Waals surface area contributed by atoms with E-state index < -0.39 is 5.91 Å². The van der Waals surface area contributed by atoms with Crippen LogP contribution in [0.3, 0.4) is 0 Å². The SMILES string of the molecule is CCCCOC(=O)c1ccc(NC(=O)COc2ccc(C(N)=O)cc2)cc1. The van der Waals surface area contributed by atoms with Gasteiger partial charge in [-0.2, -0.15) is 0 Å². The Kier molecular flexibility index (Phi) is 7.37. The van der Waals surface area contributed by atoms with Crippen LogP contribution in [0.15, 0.2) is 48.5 Å². The van der Waals surface area contributed by atoms with Crippen LogP contribution in [0.2, 0.25) is 0 Å². The lowest BCUT2D eigenvalue weighted by Crippen LogP contribution is -2.20. The van der Waals surface area contributed by atoms with Gasteiger partial charge in [0.25, 0.3) is 5.91 Å². The highest BCUT2D eigenvalue weighted by atomic mass is 16.5. The lowest BCUT2D eigenvalue weighted by molar-refractivity contribution is -0.118. The lowest BCUT2D eigenvalue weighted by atomic mass is 10.2. The molecule has 3 N–H and O–H groups in total. The number of esters is 1. The summed E-state index contributed by atoms with van der Waals surface area (Å²) in [4.78, 5) is 34.8. The smallest absolute Gasteiger partial charge is 0.338 e. The molecular formula is C20H22N2O5. The summed E-state index contributed by atoms with van der Waals surface area (Å²) in [5.74, 6) is -0.825. The quantitative estimate of drug-likeness (QED) is 0.521. The molecule has 27 heavy (non-hydrogen) atoms. The van der Waals surface area contributed by atoms with Gasteiger partial charge in [0, 0.05) is 11.3 Å². The first-order valence-electron chi connectivity index (χ1n) is 8.59. The van der Waals surface area contributed by atoms with Crippen molar-refractivity contribution in [2.24, 2.45) is 5.73 Å². The first kappa shape index (κ1) is 20.0. The average Bonchev–Trinajstić information content (AvgIpc) is 2.67. The highest BCUT2D eigenvalue weighted by Crippen LogP contribution is 2.13. The van der Waals surface area contributed by atoms with Gasteiger partial charge in [0.15, 0.2) is 6.61 Å². The first-order chi connectivity index (χ1) is 13.0. The number of nitrogens with one attached hydrogen (secondary N) is 1. The Labute approximate surface area is 157 Å². The number of carbonyl (C=O) groups is 3. The number of hydrogen-bond acceptors (Lipinski definition) is 5. The molecule has 0 atom stereocenters. The maximum Gasteiger partial charge on any atom is 0.338 e. The average molecular weight is 370 g/mol. The van der Waals surface area contributed by atoms with Gasteiger partial charge in [-0.3, -0.25) is 9.59 Å². The van der Waals surface area contributed by atoms with Gasteiger partial charge < -0.3 is 20.5 Å². The van der Waals surface area contributed by atoms with Gasteiger partial charge in [0.1, 0.15) is 5.75 Å². The molecular weight excluding hydrogens is 348 g/mol. The molecule has 0 spiro atoms. The van der Waals surface area contributed by atoms with Gasteiger partial charge in [0.05, 0.1) is 12.2 Å². The second-order valence-corrected chi connectivity index (χ2v) is 5.79. The number of benzene rings is 2. The predicted octanol–water partition coefficient (Wildman–Crippen LogP) is 2.76. The van der Waals surface area contributed by atoms with Gasteiger partial charge in [-0.05, 0) is 55.0 Å². The van der Waals surface area contributed by atoms with Gasteiger partial charge in [-0.15, -0.1) is 0 Å². The highest BCUT2D eigenvalue weighted by molar-refractivity contribution is 5.94. The highest BCUT2D eigenvalue weighted by Gasteiger charge is 2.08. The Bertz CT molecular complexity index is 785. The molecule has 0 aliphatic heterocycles. The molecule has 0 aliphatic rings. The maximum atomic E-state index is 12.0. The van der Waals surface area contributed by atoms with E-state index in [1.165, 1.54) is 12.1 Å². The van der Waals surface area contributed by atoms with Gasteiger partial charge in [0.2, 0.25) is 5.91 Å².